The van der Waals surface area contributed by atoms with Gasteiger partial charge in [0.1, 0.15) is 17.1 Å². The van der Waals surface area contributed by atoms with Crippen molar-refractivity contribution in [2.24, 2.45) is 0 Å². The highest BCUT2D eigenvalue weighted by Crippen LogP contribution is 2.43. The predicted octanol–water partition coefficient (Wildman–Crippen LogP) is 5.41. The normalized spacial score (nSPS) is 17.3. The standard InChI is InChI=1S/C24H25Cl2NO4/c1-15-13-20-22(16(2)23(15)26)19(28)14-24(31-20)8-10-27(11-9-24)21(29)7-12-30-18-5-3-17(25)4-6-18/h3-6,13H,7-12,14H2,1-2H3. The Morgan fingerprint density at radius 1 is 1.16 bits per heavy atom. The lowest BCUT2D eigenvalue weighted by molar-refractivity contribution is -0.135. The summed E-state index contributed by atoms with van der Waals surface area (Å²) >= 11 is 12.2. The van der Waals surface area contributed by atoms with Crippen LogP contribution in [0.1, 0.15) is 47.2 Å². The van der Waals surface area contributed by atoms with E-state index in [0.717, 1.165) is 11.1 Å². The van der Waals surface area contributed by atoms with Crippen LogP contribution < -0.4 is 9.47 Å². The first kappa shape index (κ1) is 22.0. The summed E-state index contributed by atoms with van der Waals surface area (Å²) in [5.74, 6) is 1.42. The molecule has 0 aliphatic carbocycles. The smallest absolute Gasteiger partial charge is 0.226 e. The van der Waals surface area contributed by atoms with E-state index in [-0.39, 0.29) is 11.7 Å². The van der Waals surface area contributed by atoms with Crippen LogP contribution in [0.25, 0.3) is 0 Å². The van der Waals surface area contributed by atoms with E-state index in [2.05, 4.69) is 0 Å². The van der Waals surface area contributed by atoms with Crippen molar-refractivity contribution >= 4 is 34.9 Å². The van der Waals surface area contributed by atoms with Gasteiger partial charge in [-0.1, -0.05) is 23.2 Å². The molecule has 2 aromatic rings. The highest BCUT2D eigenvalue weighted by Gasteiger charge is 2.44. The molecule has 4 rings (SSSR count). The molecule has 1 amide bonds. The van der Waals surface area contributed by atoms with Crippen molar-refractivity contribution in [1.82, 2.24) is 4.90 Å². The van der Waals surface area contributed by atoms with E-state index in [1.807, 2.05) is 24.8 Å². The zero-order valence-corrected chi connectivity index (χ0v) is 19.2. The Balaban J connectivity index is 1.34. The second-order valence-corrected chi connectivity index (χ2v) is 9.14. The lowest BCUT2D eigenvalue weighted by Crippen LogP contribution is -2.52. The molecular weight excluding hydrogens is 437 g/mol. The van der Waals surface area contributed by atoms with Gasteiger partial charge in [0.05, 0.1) is 25.0 Å². The molecule has 0 atom stereocenters. The average molecular weight is 462 g/mol. The van der Waals surface area contributed by atoms with Gasteiger partial charge < -0.3 is 14.4 Å². The van der Waals surface area contributed by atoms with Crippen LogP contribution in [0.3, 0.4) is 0 Å². The fourth-order valence-electron chi connectivity index (χ4n) is 4.39. The van der Waals surface area contributed by atoms with E-state index < -0.39 is 5.60 Å². The zero-order chi connectivity index (χ0) is 22.2. The highest BCUT2D eigenvalue weighted by atomic mass is 35.5. The highest BCUT2D eigenvalue weighted by molar-refractivity contribution is 6.32. The van der Waals surface area contributed by atoms with Crippen molar-refractivity contribution in [1.29, 1.82) is 0 Å². The molecule has 0 unspecified atom stereocenters. The van der Waals surface area contributed by atoms with Gasteiger partial charge in [0, 0.05) is 36.0 Å². The fraction of sp³-hybridized carbons (Fsp3) is 0.417. The van der Waals surface area contributed by atoms with Crippen LogP contribution in [0.15, 0.2) is 30.3 Å². The molecule has 1 fully saturated rings. The Hall–Kier alpha value is -2.24. The van der Waals surface area contributed by atoms with E-state index in [9.17, 15) is 9.59 Å². The number of ketones is 1. The number of hydrogen-bond acceptors (Lipinski definition) is 4. The first-order chi connectivity index (χ1) is 14.8. The number of Topliss-reactive ketones (excluding diaryl/α,β-unsaturated/α-hetero) is 1. The van der Waals surface area contributed by atoms with E-state index in [0.29, 0.717) is 72.5 Å². The second-order valence-electron chi connectivity index (χ2n) is 8.32. The van der Waals surface area contributed by atoms with Crippen molar-refractivity contribution in [3.63, 3.8) is 0 Å². The molecule has 7 heteroatoms. The summed E-state index contributed by atoms with van der Waals surface area (Å²) in [5, 5.41) is 1.26. The molecule has 0 N–H and O–H groups in total. The van der Waals surface area contributed by atoms with Gasteiger partial charge in [-0.25, -0.2) is 0 Å². The molecule has 0 bridgehead atoms. The number of hydrogen-bond donors (Lipinski definition) is 0. The minimum absolute atomic E-state index is 0.0461. The number of ether oxygens (including phenoxy) is 2. The zero-order valence-electron chi connectivity index (χ0n) is 17.7. The Labute approximate surface area is 192 Å². The maximum Gasteiger partial charge on any atom is 0.226 e. The number of nitrogens with zero attached hydrogens (tertiary/aromatic N) is 1. The number of piperidine rings is 1. The van der Waals surface area contributed by atoms with E-state index in [4.69, 9.17) is 32.7 Å². The van der Waals surface area contributed by atoms with Crippen LogP contribution in [-0.4, -0.2) is 41.9 Å². The number of rotatable bonds is 4. The fourth-order valence-corrected chi connectivity index (χ4v) is 4.66. The molecule has 164 valence electrons. The number of fused-ring (bicyclic) bond motifs is 1. The van der Waals surface area contributed by atoms with Gasteiger partial charge in [0.15, 0.2) is 5.78 Å². The van der Waals surface area contributed by atoms with Crippen molar-refractivity contribution in [3.05, 3.63) is 57.1 Å². The number of halogens is 2. The summed E-state index contributed by atoms with van der Waals surface area (Å²) in [6, 6.07) is 8.93. The summed E-state index contributed by atoms with van der Waals surface area (Å²) in [6.07, 6.45) is 1.88. The Morgan fingerprint density at radius 3 is 2.52 bits per heavy atom. The minimum atomic E-state index is -0.548. The van der Waals surface area contributed by atoms with E-state index >= 15 is 0 Å². The summed E-state index contributed by atoms with van der Waals surface area (Å²) in [4.78, 5) is 27.3. The predicted molar refractivity (Wildman–Crippen MR) is 121 cm³/mol. The molecule has 2 aromatic carbocycles. The van der Waals surface area contributed by atoms with Crippen molar-refractivity contribution in [2.75, 3.05) is 19.7 Å². The number of carbonyl (C=O) groups excluding carboxylic acids is 2. The lowest BCUT2D eigenvalue weighted by Gasteiger charge is -2.44. The number of benzene rings is 2. The third kappa shape index (κ3) is 4.53. The molecular formula is C24H25Cl2NO4. The van der Waals surface area contributed by atoms with Crippen LogP contribution in [-0.2, 0) is 4.79 Å². The summed E-state index contributed by atoms with van der Waals surface area (Å²) < 4.78 is 12.0. The summed E-state index contributed by atoms with van der Waals surface area (Å²) in [5.41, 5.74) is 1.73. The number of amides is 1. The van der Waals surface area contributed by atoms with Crippen LogP contribution in [0, 0.1) is 13.8 Å². The van der Waals surface area contributed by atoms with Gasteiger partial charge in [-0.05, 0) is 55.3 Å². The lowest BCUT2D eigenvalue weighted by atomic mass is 9.81. The monoisotopic (exact) mass is 461 g/mol. The molecule has 2 aliphatic rings. The maximum absolute atomic E-state index is 12.9. The SMILES string of the molecule is Cc1cc2c(c(C)c1Cl)C(=O)CC1(CCN(C(=O)CCOc3ccc(Cl)cc3)CC1)O2. The third-order valence-electron chi connectivity index (χ3n) is 6.16. The van der Waals surface area contributed by atoms with Gasteiger partial charge in [0.2, 0.25) is 5.91 Å². The van der Waals surface area contributed by atoms with Gasteiger partial charge >= 0.3 is 0 Å². The molecule has 0 saturated carbocycles. The number of aryl methyl sites for hydroxylation is 1. The average Bonchev–Trinajstić information content (AvgIpc) is 2.73. The largest absolute Gasteiger partial charge is 0.493 e. The molecule has 2 aliphatic heterocycles. The molecule has 1 saturated heterocycles. The van der Waals surface area contributed by atoms with E-state index in [1.165, 1.54) is 0 Å². The molecule has 1 spiro atoms. The van der Waals surface area contributed by atoms with Crippen molar-refractivity contribution in [2.45, 2.75) is 45.1 Å². The number of carbonyl (C=O) groups is 2. The number of likely N-dealkylation sites (tertiary alicyclic amines) is 1. The van der Waals surface area contributed by atoms with Gasteiger partial charge in [0.25, 0.3) is 0 Å². The van der Waals surface area contributed by atoms with Crippen LogP contribution in [0.4, 0.5) is 0 Å². The molecule has 0 radical (unpaired) electrons. The minimum Gasteiger partial charge on any atom is -0.493 e. The summed E-state index contributed by atoms with van der Waals surface area (Å²) in [6.45, 7) is 5.21. The van der Waals surface area contributed by atoms with Gasteiger partial charge in [-0.15, -0.1) is 0 Å². The van der Waals surface area contributed by atoms with Gasteiger partial charge in [-0.3, -0.25) is 9.59 Å². The van der Waals surface area contributed by atoms with Crippen molar-refractivity contribution in [3.8, 4) is 11.5 Å². The van der Waals surface area contributed by atoms with Crippen molar-refractivity contribution < 1.29 is 19.1 Å². The first-order valence-corrected chi connectivity index (χ1v) is 11.2. The quantitative estimate of drug-likeness (QED) is 0.610. The van der Waals surface area contributed by atoms with Crippen LogP contribution >= 0.6 is 23.2 Å². The Kier molecular flexibility index (Phi) is 6.18. The van der Waals surface area contributed by atoms with Crippen LogP contribution in [0.2, 0.25) is 10.0 Å². The second kappa shape index (κ2) is 8.71. The first-order valence-electron chi connectivity index (χ1n) is 10.5. The third-order valence-corrected chi connectivity index (χ3v) is 6.99. The molecule has 0 aromatic heterocycles. The van der Waals surface area contributed by atoms with Gasteiger partial charge in [-0.2, -0.15) is 0 Å². The van der Waals surface area contributed by atoms with E-state index in [1.54, 1.807) is 24.3 Å². The topological polar surface area (TPSA) is 55.8 Å². The molecule has 5 nitrogen and oxygen atoms in total. The molecule has 2 heterocycles. The Bertz CT molecular complexity index is 1010. The summed E-state index contributed by atoms with van der Waals surface area (Å²) in [7, 11) is 0. The molecule has 31 heavy (non-hydrogen) atoms. The maximum atomic E-state index is 12.9. The van der Waals surface area contributed by atoms with Crippen LogP contribution in [0.5, 0.6) is 11.5 Å². The Morgan fingerprint density at radius 2 is 1.84 bits per heavy atom.